The van der Waals surface area contributed by atoms with Crippen molar-refractivity contribution in [3.05, 3.63) is 53.0 Å². The highest BCUT2D eigenvalue weighted by molar-refractivity contribution is 7.71. The van der Waals surface area contributed by atoms with Crippen LogP contribution in [0.1, 0.15) is 36.1 Å². The monoisotopic (exact) mass is 343 g/mol. The van der Waals surface area contributed by atoms with E-state index in [1.54, 1.807) is 18.3 Å². The predicted octanol–water partition coefficient (Wildman–Crippen LogP) is 3.11. The highest BCUT2D eigenvalue weighted by atomic mass is 32.1. The lowest BCUT2D eigenvalue weighted by molar-refractivity contribution is 0.0949. The summed E-state index contributed by atoms with van der Waals surface area (Å²) in [5, 5.41) is 9.77. The third kappa shape index (κ3) is 3.28. The molecule has 0 saturated heterocycles. The van der Waals surface area contributed by atoms with E-state index in [9.17, 15) is 4.79 Å². The van der Waals surface area contributed by atoms with E-state index in [0.29, 0.717) is 28.5 Å². The summed E-state index contributed by atoms with van der Waals surface area (Å²) in [6.45, 7) is 4.33. The number of nitrogens with one attached hydrogen (secondary N) is 2. The normalized spacial score (nSPS) is 11.0. The topological polar surface area (TPSA) is 88.7 Å². The molecule has 3 aromatic rings. The van der Waals surface area contributed by atoms with Crippen molar-refractivity contribution in [1.29, 1.82) is 0 Å². The molecule has 0 fully saturated rings. The number of aromatic nitrogens is 4. The molecule has 1 amide bonds. The Morgan fingerprint density at radius 1 is 1.38 bits per heavy atom. The summed E-state index contributed by atoms with van der Waals surface area (Å²) >= 11 is 5.19. The Morgan fingerprint density at radius 3 is 2.75 bits per heavy atom. The summed E-state index contributed by atoms with van der Waals surface area (Å²) in [6.07, 6.45) is 3.00. The molecule has 2 aromatic heterocycles. The van der Waals surface area contributed by atoms with E-state index in [1.807, 2.05) is 30.5 Å². The van der Waals surface area contributed by atoms with E-state index in [2.05, 4.69) is 20.5 Å². The molecule has 2 heterocycles. The minimum Gasteiger partial charge on any atom is -0.444 e. The molecule has 0 aliphatic rings. The lowest BCUT2D eigenvalue weighted by Gasteiger charge is -2.11. The highest BCUT2D eigenvalue weighted by Gasteiger charge is 2.12. The summed E-state index contributed by atoms with van der Waals surface area (Å²) in [7, 11) is 0. The number of amides is 1. The van der Waals surface area contributed by atoms with Gasteiger partial charge in [0.05, 0.1) is 12.7 Å². The van der Waals surface area contributed by atoms with Gasteiger partial charge in [-0.1, -0.05) is 12.1 Å². The molecule has 8 heteroatoms. The lowest BCUT2D eigenvalue weighted by atomic mass is 10.1. The first-order valence-corrected chi connectivity index (χ1v) is 7.90. The third-order valence-corrected chi connectivity index (χ3v) is 3.85. The highest BCUT2D eigenvalue weighted by Crippen LogP contribution is 2.18. The van der Waals surface area contributed by atoms with Crippen molar-refractivity contribution >= 4 is 18.1 Å². The van der Waals surface area contributed by atoms with Crippen LogP contribution in [0.15, 0.2) is 41.3 Å². The number of H-pyrrole nitrogens is 1. The molecule has 0 aliphatic carbocycles. The molecule has 0 atom stereocenters. The zero-order valence-corrected chi connectivity index (χ0v) is 14.1. The van der Waals surface area contributed by atoms with E-state index in [4.69, 9.17) is 16.6 Å². The maximum absolute atomic E-state index is 12.3. The van der Waals surface area contributed by atoms with Gasteiger partial charge >= 0.3 is 0 Å². The van der Waals surface area contributed by atoms with E-state index in [0.717, 1.165) is 5.56 Å². The number of nitrogens with zero attached hydrogens (tertiary/aromatic N) is 3. The first kappa shape index (κ1) is 16.1. The minimum atomic E-state index is -0.177. The van der Waals surface area contributed by atoms with Gasteiger partial charge in [-0.05, 0) is 38.2 Å². The molecule has 2 N–H and O–H groups in total. The van der Waals surface area contributed by atoms with Crippen molar-refractivity contribution in [3.8, 4) is 11.3 Å². The smallest absolute Gasteiger partial charge is 0.251 e. The van der Waals surface area contributed by atoms with Crippen molar-refractivity contribution in [2.45, 2.75) is 26.4 Å². The van der Waals surface area contributed by atoms with Crippen LogP contribution < -0.4 is 5.32 Å². The van der Waals surface area contributed by atoms with Crippen molar-refractivity contribution in [2.24, 2.45) is 0 Å². The number of hydrogen-bond acceptors (Lipinski definition) is 5. The summed E-state index contributed by atoms with van der Waals surface area (Å²) in [6, 6.07) is 7.29. The van der Waals surface area contributed by atoms with Gasteiger partial charge in [-0.2, -0.15) is 5.10 Å². The summed E-state index contributed by atoms with van der Waals surface area (Å²) in [5.41, 5.74) is 1.42. The van der Waals surface area contributed by atoms with Crippen LogP contribution in [0.4, 0.5) is 0 Å². The van der Waals surface area contributed by atoms with Crippen molar-refractivity contribution < 1.29 is 9.21 Å². The van der Waals surface area contributed by atoms with Gasteiger partial charge in [-0.3, -0.25) is 9.89 Å². The molecule has 0 unspecified atom stereocenters. The summed E-state index contributed by atoms with van der Waals surface area (Å²) < 4.78 is 7.65. The van der Waals surface area contributed by atoms with Gasteiger partial charge in [0.25, 0.3) is 5.91 Å². The van der Waals surface area contributed by atoms with Gasteiger partial charge in [0, 0.05) is 17.2 Å². The molecule has 124 valence electrons. The number of benzene rings is 1. The number of hydrogen-bond donors (Lipinski definition) is 2. The fourth-order valence-electron chi connectivity index (χ4n) is 2.40. The van der Waals surface area contributed by atoms with E-state index < -0.39 is 0 Å². The molecule has 0 bridgehead atoms. The van der Waals surface area contributed by atoms with Crippen LogP contribution in [0, 0.1) is 4.77 Å². The number of aromatic amines is 1. The molecule has 0 aliphatic heterocycles. The van der Waals surface area contributed by atoms with Crippen LogP contribution in [-0.4, -0.2) is 25.7 Å². The largest absolute Gasteiger partial charge is 0.444 e. The molecule has 1 aromatic carbocycles. The fraction of sp³-hybridized carbons (Fsp3) is 0.250. The Kier molecular flexibility index (Phi) is 4.57. The average molecular weight is 343 g/mol. The van der Waals surface area contributed by atoms with E-state index >= 15 is 0 Å². The van der Waals surface area contributed by atoms with E-state index in [1.165, 1.54) is 6.39 Å². The second-order valence-electron chi connectivity index (χ2n) is 5.53. The van der Waals surface area contributed by atoms with Crippen LogP contribution >= 0.6 is 12.2 Å². The first-order chi connectivity index (χ1) is 11.6. The van der Waals surface area contributed by atoms with Crippen molar-refractivity contribution in [3.63, 3.8) is 0 Å². The summed E-state index contributed by atoms with van der Waals surface area (Å²) in [4.78, 5) is 16.2. The van der Waals surface area contributed by atoms with Gasteiger partial charge in [-0.15, -0.1) is 0 Å². The molecular weight excluding hydrogens is 326 g/mol. The SMILES string of the molecule is CC(C)n1c(CNC(=O)c2ccc(-c3cnco3)cc2)n[nH]c1=S. The molecule has 3 rings (SSSR count). The number of carbonyl (C=O) groups is 1. The second-order valence-corrected chi connectivity index (χ2v) is 5.92. The van der Waals surface area contributed by atoms with Crippen molar-refractivity contribution in [1.82, 2.24) is 25.1 Å². The maximum Gasteiger partial charge on any atom is 0.251 e. The first-order valence-electron chi connectivity index (χ1n) is 7.49. The number of oxazole rings is 1. The molecule has 24 heavy (non-hydrogen) atoms. The molecule has 7 nitrogen and oxygen atoms in total. The Labute approximate surface area is 143 Å². The number of rotatable bonds is 5. The van der Waals surface area contributed by atoms with Crippen LogP contribution in [0.5, 0.6) is 0 Å². The standard InChI is InChI=1S/C16H17N5O2S/c1-10(2)21-14(19-20-16(21)24)8-18-15(22)12-5-3-11(4-6-12)13-7-17-9-23-13/h3-7,9-10H,8H2,1-2H3,(H,18,22)(H,20,24). The van der Waals surface area contributed by atoms with Gasteiger partial charge in [0.1, 0.15) is 0 Å². The Morgan fingerprint density at radius 2 is 2.12 bits per heavy atom. The molecule has 0 spiro atoms. The minimum absolute atomic E-state index is 0.171. The van der Waals surface area contributed by atoms with Gasteiger partial charge in [0.15, 0.2) is 22.7 Å². The zero-order chi connectivity index (χ0) is 17.1. The number of carbonyl (C=O) groups excluding carboxylic acids is 1. The molecule has 0 radical (unpaired) electrons. The van der Waals surface area contributed by atoms with Crippen LogP contribution in [-0.2, 0) is 6.54 Å². The van der Waals surface area contributed by atoms with Gasteiger partial charge in [-0.25, -0.2) is 4.98 Å². The quantitative estimate of drug-likeness (QED) is 0.695. The molecular formula is C16H17N5O2S. The van der Waals surface area contributed by atoms with Crippen molar-refractivity contribution in [2.75, 3.05) is 0 Å². The Bertz CT molecular complexity index is 878. The predicted molar refractivity (Wildman–Crippen MR) is 90.9 cm³/mol. The average Bonchev–Trinajstić information content (AvgIpc) is 3.22. The molecule has 0 saturated carbocycles. The lowest BCUT2D eigenvalue weighted by Crippen LogP contribution is -2.25. The van der Waals surface area contributed by atoms with Gasteiger partial charge < -0.3 is 14.3 Å². The summed E-state index contributed by atoms with van der Waals surface area (Å²) in [5.74, 6) is 1.18. The third-order valence-electron chi connectivity index (χ3n) is 3.56. The maximum atomic E-state index is 12.3. The Hall–Kier alpha value is -2.74. The zero-order valence-electron chi connectivity index (χ0n) is 13.3. The van der Waals surface area contributed by atoms with Gasteiger partial charge in [0.2, 0.25) is 0 Å². The van der Waals surface area contributed by atoms with E-state index in [-0.39, 0.29) is 11.9 Å². The fourth-order valence-corrected chi connectivity index (χ4v) is 2.76. The van der Waals surface area contributed by atoms with Crippen LogP contribution in [0.2, 0.25) is 0 Å². The second kappa shape index (κ2) is 6.79. The van der Waals surface area contributed by atoms with Crippen LogP contribution in [0.25, 0.3) is 11.3 Å². The Balaban J connectivity index is 1.68. The van der Waals surface area contributed by atoms with Crippen LogP contribution in [0.3, 0.4) is 0 Å².